The highest BCUT2D eigenvalue weighted by atomic mass is 35.5. The van der Waals surface area contributed by atoms with Gasteiger partial charge in [0.15, 0.2) is 0 Å². The first kappa shape index (κ1) is 16.3. The van der Waals surface area contributed by atoms with Crippen molar-refractivity contribution < 1.29 is 9.66 Å². The van der Waals surface area contributed by atoms with Gasteiger partial charge in [0, 0.05) is 24.1 Å². The standard InChI is InChI=1S/C14H18Cl2N2O3/c1-4-21-13-7-12(14(13,2)3)17-10-5-8(15)9(16)6-11(10)18(19)20/h5-6,12-13,17H,4,7H2,1-3H3. The molecule has 0 aromatic heterocycles. The Balaban J connectivity index is 2.21. The Hall–Kier alpha value is -1.04. The summed E-state index contributed by atoms with van der Waals surface area (Å²) >= 11 is 11.8. The predicted octanol–water partition coefficient (Wildman–Crippen LogP) is 4.52. The monoisotopic (exact) mass is 332 g/mol. The molecule has 1 aromatic carbocycles. The zero-order chi connectivity index (χ0) is 15.8. The number of anilines is 1. The van der Waals surface area contributed by atoms with Crippen molar-refractivity contribution in [3.8, 4) is 0 Å². The third-order valence-corrected chi connectivity index (χ3v) is 4.83. The van der Waals surface area contributed by atoms with E-state index in [1.807, 2.05) is 6.92 Å². The molecule has 0 spiro atoms. The molecule has 1 aliphatic carbocycles. The van der Waals surface area contributed by atoms with E-state index >= 15 is 0 Å². The highest BCUT2D eigenvalue weighted by Gasteiger charge is 2.49. The molecule has 0 radical (unpaired) electrons. The highest BCUT2D eigenvalue weighted by molar-refractivity contribution is 6.42. The van der Waals surface area contributed by atoms with Gasteiger partial charge in [-0.25, -0.2) is 0 Å². The van der Waals surface area contributed by atoms with Crippen LogP contribution in [-0.4, -0.2) is 23.7 Å². The SMILES string of the molecule is CCOC1CC(Nc2cc(Cl)c(Cl)cc2[N+](=O)[O-])C1(C)C. The zero-order valence-electron chi connectivity index (χ0n) is 12.2. The van der Waals surface area contributed by atoms with Crippen LogP contribution in [0.2, 0.25) is 10.0 Å². The van der Waals surface area contributed by atoms with E-state index in [-0.39, 0.29) is 28.3 Å². The summed E-state index contributed by atoms with van der Waals surface area (Å²) in [5.41, 5.74) is 0.221. The average Bonchev–Trinajstić information content (AvgIpc) is 2.41. The van der Waals surface area contributed by atoms with Gasteiger partial charge >= 0.3 is 0 Å². The summed E-state index contributed by atoms with van der Waals surface area (Å²) in [6, 6.07) is 2.87. The van der Waals surface area contributed by atoms with Crippen LogP contribution in [0.5, 0.6) is 0 Å². The molecule has 1 aromatic rings. The number of ether oxygens (including phenoxy) is 1. The summed E-state index contributed by atoms with van der Waals surface area (Å²) in [7, 11) is 0. The first-order chi connectivity index (χ1) is 9.77. The molecule has 2 unspecified atom stereocenters. The van der Waals surface area contributed by atoms with E-state index in [1.54, 1.807) is 0 Å². The Kier molecular flexibility index (Phi) is 4.66. The Morgan fingerprint density at radius 1 is 1.43 bits per heavy atom. The van der Waals surface area contributed by atoms with Gasteiger partial charge in [-0.2, -0.15) is 0 Å². The molecule has 21 heavy (non-hydrogen) atoms. The number of nitro benzene ring substituents is 1. The van der Waals surface area contributed by atoms with Crippen LogP contribution in [0, 0.1) is 15.5 Å². The number of nitrogens with zero attached hydrogens (tertiary/aromatic N) is 1. The average molecular weight is 333 g/mol. The quantitative estimate of drug-likeness (QED) is 0.636. The fourth-order valence-electron chi connectivity index (χ4n) is 2.61. The number of nitrogens with one attached hydrogen (secondary N) is 1. The maximum atomic E-state index is 11.1. The lowest BCUT2D eigenvalue weighted by Gasteiger charge is -2.51. The lowest BCUT2D eigenvalue weighted by molar-refractivity contribution is -0.384. The third kappa shape index (κ3) is 3.10. The van der Waals surface area contributed by atoms with Gasteiger partial charge in [0.1, 0.15) is 5.69 Å². The molecule has 2 rings (SSSR count). The summed E-state index contributed by atoms with van der Waals surface area (Å²) in [6.45, 7) is 6.78. The van der Waals surface area contributed by atoms with Crippen molar-refractivity contribution in [3.05, 3.63) is 32.3 Å². The van der Waals surface area contributed by atoms with E-state index in [0.29, 0.717) is 17.3 Å². The maximum absolute atomic E-state index is 11.1. The summed E-state index contributed by atoms with van der Waals surface area (Å²) in [5.74, 6) is 0. The first-order valence-electron chi connectivity index (χ1n) is 6.79. The molecule has 116 valence electrons. The number of halogens is 2. The van der Waals surface area contributed by atoms with Crippen LogP contribution in [-0.2, 0) is 4.74 Å². The fourth-order valence-corrected chi connectivity index (χ4v) is 2.93. The van der Waals surface area contributed by atoms with Crippen LogP contribution in [0.3, 0.4) is 0 Å². The van der Waals surface area contributed by atoms with E-state index in [1.165, 1.54) is 12.1 Å². The minimum Gasteiger partial charge on any atom is -0.378 e. The third-order valence-electron chi connectivity index (χ3n) is 4.11. The van der Waals surface area contributed by atoms with Crippen LogP contribution in [0.25, 0.3) is 0 Å². The molecular formula is C14H18Cl2N2O3. The molecule has 0 bridgehead atoms. The molecule has 0 heterocycles. The van der Waals surface area contributed by atoms with Gasteiger partial charge in [0.2, 0.25) is 0 Å². The molecule has 7 heteroatoms. The van der Waals surface area contributed by atoms with E-state index in [9.17, 15) is 10.1 Å². The molecule has 1 saturated carbocycles. The Bertz CT molecular complexity index is 563. The minimum absolute atomic E-state index is 0.0694. The molecular weight excluding hydrogens is 315 g/mol. The highest BCUT2D eigenvalue weighted by Crippen LogP contribution is 2.46. The zero-order valence-corrected chi connectivity index (χ0v) is 13.7. The first-order valence-corrected chi connectivity index (χ1v) is 7.54. The van der Waals surface area contributed by atoms with Gasteiger partial charge in [0.05, 0.1) is 21.1 Å². The summed E-state index contributed by atoms with van der Waals surface area (Å²) in [5, 5.41) is 14.8. The number of hydrogen-bond acceptors (Lipinski definition) is 4. The molecule has 0 aliphatic heterocycles. The molecule has 2 atom stereocenters. The van der Waals surface area contributed by atoms with Gasteiger partial charge in [-0.3, -0.25) is 10.1 Å². The van der Waals surface area contributed by atoms with Crippen LogP contribution >= 0.6 is 23.2 Å². The molecule has 1 fully saturated rings. The number of benzene rings is 1. The van der Waals surface area contributed by atoms with Gasteiger partial charge in [-0.05, 0) is 19.4 Å². The van der Waals surface area contributed by atoms with Crippen molar-refractivity contribution >= 4 is 34.6 Å². The molecule has 0 amide bonds. The van der Waals surface area contributed by atoms with E-state index < -0.39 is 4.92 Å². The second-order valence-electron chi connectivity index (χ2n) is 5.74. The van der Waals surface area contributed by atoms with Crippen molar-refractivity contribution in [2.24, 2.45) is 5.41 Å². The van der Waals surface area contributed by atoms with Crippen molar-refractivity contribution in [1.29, 1.82) is 0 Å². The van der Waals surface area contributed by atoms with Crippen LogP contribution in [0.4, 0.5) is 11.4 Å². The number of nitro groups is 1. The summed E-state index contributed by atoms with van der Waals surface area (Å²) < 4.78 is 5.66. The number of hydrogen-bond donors (Lipinski definition) is 1. The van der Waals surface area contributed by atoms with Crippen LogP contribution in [0.15, 0.2) is 12.1 Å². The fraction of sp³-hybridized carbons (Fsp3) is 0.571. The molecule has 5 nitrogen and oxygen atoms in total. The second-order valence-corrected chi connectivity index (χ2v) is 6.55. The van der Waals surface area contributed by atoms with Crippen molar-refractivity contribution in [2.45, 2.75) is 39.3 Å². The number of rotatable bonds is 5. The predicted molar refractivity (Wildman–Crippen MR) is 84.3 cm³/mol. The second kappa shape index (κ2) is 5.99. The molecule has 1 N–H and O–H groups in total. The van der Waals surface area contributed by atoms with Crippen molar-refractivity contribution in [3.63, 3.8) is 0 Å². The van der Waals surface area contributed by atoms with Gasteiger partial charge < -0.3 is 10.1 Å². The Morgan fingerprint density at radius 3 is 2.57 bits per heavy atom. The normalized spacial score (nSPS) is 23.5. The lowest BCUT2D eigenvalue weighted by atomic mass is 9.64. The smallest absolute Gasteiger partial charge is 0.293 e. The van der Waals surface area contributed by atoms with E-state index in [2.05, 4.69) is 19.2 Å². The minimum atomic E-state index is -0.462. The van der Waals surface area contributed by atoms with Gasteiger partial charge in [-0.15, -0.1) is 0 Å². The van der Waals surface area contributed by atoms with Crippen LogP contribution < -0.4 is 5.32 Å². The van der Waals surface area contributed by atoms with Crippen LogP contribution in [0.1, 0.15) is 27.2 Å². The Morgan fingerprint density at radius 2 is 2.05 bits per heavy atom. The lowest BCUT2D eigenvalue weighted by Crippen LogP contribution is -2.58. The van der Waals surface area contributed by atoms with Crippen molar-refractivity contribution in [1.82, 2.24) is 0 Å². The Labute approximate surface area is 133 Å². The van der Waals surface area contributed by atoms with E-state index in [0.717, 1.165) is 6.42 Å². The maximum Gasteiger partial charge on any atom is 0.293 e. The molecule has 1 aliphatic rings. The van der Waals surface area contributed by atoms with Gasteiger partial charge in [-0.1, -0.05) is 37.0 Å². The summed E-state index contributed by atoms with van der Waals surface area (Å²) in [6.07, 6.45) is 0.958. The topological polar surface area (TPSA) is 64.4 Å². The summed E-state index contributed by atoms with van der Waals surface area (Å²) in [4.78, 5) is 10.7. The van der Waals surface area contributed by atoms with Crippen molar-refractivity contribution in [2.75, 3.05) is 11.9 Å². The van der Waals surface area contributed by atoms with E-state index in [4.69, 9.17) is 27.9 Å². The molecule has 0 saturated heterocycles. The van der Waals surface area contributed by atoms with Gasteiger partial charge in [0.25, 0.3) is 5.69 Å². The largest absolute Gasteiger partial charge is 0.378 e.